The van der Waals surface area contributed by atoms with Crippen molar-refractivity contribution >= 4 is 42.0 Å². The van der Waals surface area contributed by atoms with E-state index >= 15 is 0 Å². The number of Topliss-reactive ketones (excluding diaryl/α,β-unsaturated/α-hetero) is 2. The van der Waals surface area contributed by atoms with Crippen molar-refractivity contribution < 1.29 is 28.5 Å². The van der Waals surface area contributed by atoms with E-state index < -0.39 is 0 Å². The summed E-state index contributed by atoms with van der Waals surface area (Å²) in [5.41, 5.74) is 4.50. The van der Waals surface area contributed by atoms with Crippen LogP contribution in [0.15, 0.2) is 97.3 Å². The Hall–Kier alpha value is -7.70. The molecule has 0 atom stereocenters. The smallest absolute Gasteiger partial charge is 0.231 e. The molecule has 8 heterocycles. The normalized spacial score (nSPS) is 12.2. The second-order valence-corrected chi connectivity index (χ2v) is 13.9. The molecule has 0 saturated carbocycles. The van der Waals surface area contributed by atoms with E-state index in [0.29, 0.717) is 58.6 Å². The molecule has 8 aromatic rings. The van der Waals surface area contributed by atoms with Crippen LogP contribution in [-0.2, 0) is 38.8 Å². The average molecular weight is 816 g/mol. The predicted molar refractivity (Wildman–Crippen MR) is 218 cm³/mol. The fraction of sp³-hybridized carbons (Fsp3) is 0.238. The van der Waals surface area contributed by atoms with Crippen LogP contribution in [0.4, 0.5) is 0 Å². The van der Waals surface area contributed by atoms with E-state index in [-0.39, 0.29) is 46.7 Å². The zero-order chi connectivity index (χ0) is 40.7. The fourth-order valence-electron chi connectivity index (χ4n) is 6.67. The van der Waals surface area contributed by atoms with Gasteiger partial charge in [-0.1, -0.05) is 0 Å². The molecule has 303 valence electrons. The van der Waals surface area contributed by atoms with Gasteiger partial charge in [-0.05, 0) is 126 Å². The topological polar surface area (TPSA) is 210 Å². The van der Waals surface area contributed by atoms with E-state index in [2.05, 4.69) is 50.9 Å². The van der Waals surface area contributed by atoms with Crippen molar-refractivity contribution in [1.82, 2.24) is 60.4 Å². The summed E-state index contributed by atoms with van der Waals surface area (Å²) in [7, 11) is 0. The quantitative estimate of drug-likeness (QED) is 0.110. The highest BCUT2D eigenvalue weighted by Crippen LogP contribution is 2.33. The molecule has 0 fully saturated rings. The summed E-state index contributed by atoms with van der Waals surface area (Å²) >= 11 is 0. The third-order valence-electron chi connectivity index (χ3n) is 9.78. The number of ketones is 2. The van der Waals surface area contributed by atoms with Gasteiger partial charge in [0.2, 0.25) is 13.6 Å². The highest BCUT2D eigenvalue weighted by molar-refractivity contribution is 5.97. The maximum atomic E-state index is 12.7. The SMILES string of the molecule is O=C(Cn1nnc(CCCc2ccc3cccnc3n2)n1)c1ccc2c(c1)OCO2.O=C(Cn1nnnc1CCCc1ccc2cccnc2n1)c1ccc2c(c1)OCO2.[B]. The van der Waals surface area contributed by atoms with Gasteiger partial charge in [-0.3, -0.25) is 9.59 Å². The van der Waals surface area contributed by atoms with Gasteiger partial charge in [0.05, 0.1) is 0 Å². The number of carbonyl (C=O) groups excluding carboxylic acids is 2. The van der Waals surface area contributed by atoms with Crippen LogP contribution in [-0.4, -0.2) is 93.9 Å². The Morgan fingerprint density at radius 3 is 1.79 bits per heavy atom. The van der Waals surface area contributed by atoms with Gasteiger partial charge >= 0.3 is 0 Å². The molecule has 2 aromatic carbocycles. The average Bonchev–Trinajstić information content (AvgIpc) is 4.12. The van der Waals surface area contributed by atoms with Crippen LogP contribution in [0.2, 0.25) is 0 Å². The Labute approximate surface area is 349 Å². The molecule has 0 aliphatic carbocycles. The Kier molecular flexibility index (Phi) is 12.2. The van der Waals surface area contributed by atoms with E-state index in [0.717, 1.165) is 59.1 Å². The first-order chi connectivity index (χ1) is 29.5. The summed E-state index contributed by atoms with van der Waals surface area (Å²) in [6.45, 7) is 0.434. The molecular weight excluding hydrogens is 779 g/mol. The zero-order valence-corrected chi connectivity index (χ0v) is 32.7. The summed E-state index contributed by atoms with van der Waals surface area (Å²) in [5, 5.41) is 26.2. The fourth-order valence-corrected chi connectivity index (χ4v) is 6.67. The molecule has 0 spiro atoms. The first-order valence-electron chi connectivity index (χ1n) is 19.3. The van der Waals surface area contributed by atoms with Crippen LogP contribution in [0.1, 0.15) is 56.6 Å². The molecule has 0 saturated heterocycles. The van der Waals surface area contributed by atoms with Gasteiger partial charge in [-0.25, -0.2) is 24.6 Å². The standard InChI is InChI=1S/2C21H18N6O3.B/c28-17(15-7-9-18-19(11-15)30-13-29-18)12-27-20(24-25-26-27)5-1-4-16-8-6-14-3-2-10-22-21(14)23-16;28-17(15-7-9-18-19(11-15)30-13-29-18)12-27-25-20(24-26-27)5-1-4-16-8-6-14-3-2-10-22-21(14)23-16;/h2*2-3,6-11H,1,4-5,12-13H2;. The maximum absolute atomic E-state index is 12.7. The largest absolute Gasteiger partial charge is 0.454 e. The molecule has 0 amide bonds. The number of pyridine rings is 4. The lowest BCUT2D eigenvalue weighted by molar-refractivity contribution is 0.0954. The number of tetrazole rings is 2. The van der Waals surface area contributed by atoms with Crippen LogP contribution in [0.3, 0.4) is 0 Å². The lowest BCUT2D eigenvalue weighted by Gasteiger charge is -2.06. The Morgan fingerprint density at radius 1 is 0.590 bits per heavy atom. The molecule has 2 aliphatic heterocycles. The molecule has 19 heteroatoms. The lowest BCUT2D eigenvalue weighted by atomic mass is 10.1. The van der Waals surface area contributed by atoms with Gasteiger partial charge < -0.3 is 18.9 Å². The first-order valence-corrected chi connectivity index (χ1v) is 19.3. The van der Waals surface area contributed by atoms with E-state index in [4.69, 9.17) is 18.9 Å². The number of aromatic nitrogens is 12. The second-order valence-electron chi connectivity index (χ2n) is 13.9. The van der Waals surface area contributed by atoms with Gasteiger partial charge in [-0.2, -0.15) is 4.80 Å². The summed E-state index contributed by atoms with van der Waals surface area (Å²) in [6, 6.07) is 26.1. The molecule has 2 aliphatic rings. The van der Waals surface area contributed by atoms with Crippen molar-refractivity contribution in [3.8, 4) is 23.0 Å². The van der Waals surface area contributed by atoms with Crippen molar-refractivity contribution in [3.63, 3.8) is 0 Å². The Morgan fingerprint density at radius 2 is 1.16 bits per heavy atom. The Bertz CT molecular complexity index is 2830. The second kappa shape index (κ2) is 18.5. The van der Waals surface area contributed by atoms with Gasteiger partial charge in [-0.15, -0.1) is 15.3 Å². The third-order valence-corrected chi connectivity index (χ3v) is 9.78. The number of carbonyl (C=O) groups is 2. The van der Waals surface area contributed by atoms with E-state index in [1.165, 1.54) is 4.80 Å². The number of fused-ring (bicyclic) bond motifs is 4. The predicted octanol–water partition coefficient (Wildman–Crippen LogP) is 4.43. The minimum absolute atomic E-state index is 0. The van der Waals surface area contributed by atoms with Crippen LogP contribution in [0.5, 0.6) is 23.0 Å². The number of aryl methyl sites for hydroxylation is 4. The zero-order valence-electron chi connectivity index (χ0n) is 32.7. The molecule has 6 aromatic heterocycles. The van der Waals surface area contributed by atoms with Crippen molar-refractivity contribution in [2.45, 2.75) is 51.6 Å². The number of hydrogen-bond donors (Lipinski definition) is 0. The van der Waals surface area contributed by atoms with Crippen LogP contribution in [0, 0.1) is 0 Å². The van der Waals surface area contributed by atoms with Crippen LogP contribution < -0.4 is 18.9 Å². The van der Waals surface area contributed by atoms with Gasteiger partial charge in [0.15, 0.2) is 57.5 Å². The van der Waals surface area contributed by atoms with Crippen molar-refractivity contribution in [2.75, 3.05) is 13.6 Å². The number of rotatable bonds is 14. The highest BCUT2D eigenvalue weighted by Gasteiger charge is 2.19. The summed E-state index contributed by atoms with van der Waals surface area (Å²) in [5.74, 6) is 3.50. The molecule has 0 N–H and O–H groups in total. The minimum Gasteiger partial charge on any atom is -0.454 e. The van der Waals surface area contributed by atoms with Crippen molar-refractivity contribution in [2.24, 2.45) is 0 Å². The van der Waals surface area contributed by atoms with E-state index in [9.17, 15) is 9.59 Å². The molecular formula is C42H36BN12O6. The van der Waals surface area contributed by atoms with Crippen LogP contribution in [0.25, 0.3) is 22.1 Å². The number of ether oxygens (including phenoxy) is 4. The number of hydrogen-bond acceptors (Lipinski definition) is 16. The summed E-state index contributed by atoms with van der Waals surface area (Å²) in [6.07, 6.45) is 7.98. The summed E-state index contributed by atoms with van der Waals surface area (Å²) in [4.78, 5) is 44.2. The lowest BCUT2D eigenvalue weighted by Crippen LogP contribution is -2.15. The first kappa shape index (κ1) is 40.1. The van der Waals surface area contributed by atoms with Crippen molar-refractivity contribution in [1.29, 1.82) is 0 Å². The molecule has 10 rings (SSSR count). The van der Waals surface area contributed by atoms with E-state index in [1.807, 2.05) is 48.5 Å². The molecule has 18 nitrogen and oxygen atoms in total. The monoisotopic (exact) mass is 815 g/mol. The summed E-state index contributed by atoms with van der Waals surface area (Å²) < 4.78 is 22.7. The molecule has 0 bridgehead atoms. The van der Waals surface area contributed by atoms with E-state index in [1.54, 1.807) is 53.5 Å². The van der Waals surface area contributed by atoms with Gasteiger partial charge in [0.25, 0.3) is 0 Å². The molecule has 0 unspecified atom stereocenters. The van der Waals surface area contributed by atoms with Crippen LogP contribution >= 0.6 is 0 Å². The molecule has 61 heavy (non-hydrogen) atoms. The minimum atomic E-state index is -0.120. The number of benzene rings is 2. The van der Waals surface area contributed by atoms with Crippen molar-refractivity contribution in [3.05, 3.63) is 131 Å². The van der Waals surface area contributed by atoms with Gasteiger partial charge in [0.1, 0.15) is 13.1 Å². The molecule has 3 radical (unpaired) electrons. The highest BCUT2D eigenvalue weighted by atomic mass is 16.7. The third kappa shape index (κ3) is 9.62. The Balaban J connectivity index is 0.000000166. The maximum Gasteiger partial charge on any atom is 0.231 e. The van der Waals surface area contributed by atoms with Gasteiger partial charge in [0, 0.05) is 66.9 Å². The number of nitrogens with zero attached hydrogens (tertiary/aromatic N) is 12.